The number of fused-ring (bicyclic) bond motifs is 1. The van der Waals surface area contributed by atoms with Crippen molar-refractivity contribution in [2.75, 3.05) is 0 Å². The highest BCUT2D eigenvalue weighted by molar-refractivity contribution is 6.35. The van der Waals surface area contributed by atoms with Crippen LogP contribution in [0, 0.1) is 5.82 Å². The molecule has 0 saturated heterocycles. The number of hydrogen-bond acceptors (Lipinski definition) is 2. The van der Waals surface area contributed by atoms with E-state index in [1.807, 2.05) is 0 Å². The molecule has 1 aromatic carbocycles. The quantitative estimate of drug-likeness (QED) is 0.848. The lowest BCUT2D eigenvalue weighted by atomic mass is 10.1. The third-order valence-corrected chi connectivity index (χ3v) is 2.85. The topological polar surface area (TPSA) is 59.3 Å². The minimum Gasteiger partial charge on any atom is -0.477 e. The summed E-state index contributed by atoms with van der Waals surface area (Å²) in [6, 6.07) is 2.51. The predicted molar refractivity (Wildman–Crippen MR) is 61.1 cm³/mol. The summed E-state index contributed by atoms with van der Waals surface area (Å²) in [6.45, 7) is 0. The van der Waals surface area contributed by atoms with Crippen molar-refractivity contribution in [3.8, 4) is 0 Å². The summed E-state index contributed by atoms with van der Waals surface area (Å²) >= 11 is 5.70. The molecule has 0 atom stereocenters. The summed E-state index contributed by atoms with van der Waals surface area (Å²) in [7, 11) is 1.56. The smallest absolute Gasteiger partial charge is 0.341 e. The van der Waals surface area contributed by atoms with E-state index in [0.29, 0.717) is 5.52 Å². The number of benzene rings is 1. The molecule has 0 unspecified atom stereocenters. The Bertz CT molecular complexity index is 693. The van der Waals surface area contributed by atoms with Crippen molar-refractivity contribution in [2.24, 2.45) is 7.05 Å². The lowest BCUT2D eigenvalue weighted by Gasteiger charge is -2.08. The molecule has 1 aromatic heterocycles. The number of carboxylic acid groups (broad SMARTS) is 1. The predicted octanol–water partition coefficient (Wildman–Crippen LogP) is 2.03. The molecule has 6 heteroatoms. The van der Waals surface area contributed by atoms with E-state index in [0.717, 1.165) is 6.07 Å². The van der Waals surface area contributed by atoms with E-state index in [9.17, 15) is 14.0 Å². The maximum absolute atomic E-state index is 13.3. The Morgan fingerprint density at radius 3 is 2.71 bits per heavy atom. The van der Waals surface area contributed by atoms with Crippen LogP contribution in [-0.4, -0.2) is 15.6 Å². The Morgan fingerprint density at radius 1 is 1.47 bits per heavy atom. The summed E-state index contributed by atoms with van der Waals surface area (Å²) in [5.41, 5.74) is -0.839. The van der Waals surface area contributed by atoms with Crippen molar-refractivity contribution in [1.29, 1.82) is 0 Å². The zero-order valence-electron chi connectivity index (χ0n) is 8.70. The van der Waals surface area contributed by atoms with Crippen LogP contribution in [0.1, 0.15) is 10.4 Å². The third kappa shape index (κ3) is 1.68. The van der Waals surface area contributed by atoms with Gasteiger partial charge in [0.25, 0.3) is 0 Å². The van der Waals surface area contributed by atoms with Crippen molar-refractivity contribution in [3.05, 3.63) is 45.0 Å². The first-order valence-electron chi connectivity index (χ1n) is 4.64. The fraction of sp³-hybridized carbons (Fsp3) is 0.0909. The van der Waals surface area contributed by atoms with Gasteiger partial charge in [-0.15, -0.1) is 0 Å². The van der Waals surface area contributed by atoms with Gasteiger partial charge in [0.2, 0.25) is 5.43 Å². The second-order valence-corrected chi connectivity index (χ2v) is 3.92. The summed E-state index contributed by atoms with van der Waals surface area (Å²) in [6.07, 6.45) is 1.18. The number of pyridine rings is 1. The first-order valence-corrected chi connectivity index (χ1v) is 5.02. The van der Waals surface area contributed by atoms with Crippen molar-refractivity contribution in [1.82, 2.24) is 4.57 Å². The van der Waals surface area contributed by atoms with Crippen molar-refractivity contribution in [3.63, 3.8) is 0 Å². The Hall–Kier alpha value is -1.88. The van der Waals surface area contributed by atoms with E-state index < -0.39 is 22.8 Å². The van der Waals surface area contributed by atoms with Crippen LogP contribution in [0.15, 0.2) is 23.1 Å². The van der Waals surface area contributed by atoms with Crippen LogP contribution < -0.4 is 5.43 Å². The van der Waals surface area contributed by atoms with Gasteiger partial charge in [0.15, 0.2) is 0 Å². The molecule has 0 radical (unpaired) electrons. The second kappa shape index (κ2) is 3.85. The number of halogens is 2. The number of hydrogen-bond donors (Lipinski definition) is 1. The molecule has 4 nitrogen and oxygen atoms in total. The fourth-order valence-electron chi connectivity index (χ4n) is 1.66. The van der Waals surface area contributed by atoms with E-state index in [-0.39, 0.29) is 10.4 Å². The molecule has 0 bridgehead atoms. The van der Waals surface area contributed by atoms with Crippen LogP contribution in [0.5, 0.6) is 0 Å². The molecule has 0 amide bonds. The van der Waals surface area contributed by atoms with Crippen LogP contribution in [0.2, 0.25) is 5.02 Å². The van der Waals surface area contributed by atoms with Crippen LogP contribution in [0.25, 0.3) is 10.9 Å². The van der Waals surface area contributed by atoms with E-state index in [4.69, 9.17) is 16.7 Å². The SMILES string of the molecule is Cn1cc(C(=O)O)c(=O)c2c(Cl)c(F)ccc21. The molecule has 17 heavy (non-hydrogen) atoms. The van der Waals surface area contributed by atoms with Gasteiger partial charge in [0, 0.05) is 13.2 Å². The molecule has 0 aliphatic heterocycles. The molecule has 1 heterocycles. The van der Waals surface area contributed by atoms with Gasteiger partial charge < -0.3 is 9.67 Å². The number of aryl methyl sites for hydroxylation is 1. The summed E-state index contributed by atoms with van der Waals surface area (Å²) in [5, 5.41) is 8.39. The van der Waals surface area contributed by atoms with Gasteiger partial charge >= 0.3 is 5.97 Å². The third-order valence-electron chi connectivity index (χ3n) is 2.48. The van der Waals surface area contributed by atoms with E-state index in [1.165, 1.54) is 16.8 Å². The van der Waals surface area contributed by atoms with E-state index in [2.05, 4.69) is 0 Å². The van der Waals surface area contributed by atoms with Gasteiger partial charge in [0.1, 0.15) is 11.4 Å². The van der Waals surface area contributed by atoms with Gasteiger partial charge in [-0.1, -0.05) is 11.6 Å². The standard InChI is InChI=1S/C11H7ClFNO3/c1-14-4-5(11(16)17)10(15)8-7(14)3-2-6(13)9(8)12/h2-4H,1H3,(H,16,17). The molecule has 2 rings (SSSR count). The average Bonchev–Trinajstić information content (AvgIpc) is 2.26. The minimum atomic E-state index is -1.37. The molecule has 88 valence electrons. The van der Waals surface area contributed by atoms with Crippen LogP contribution in [-0.2, 0) is 7.05 Å². The molecular weight excluding hydrogens is 249 g/mol. The highest BCUT2D eigenvalue weighted by Gasteiger charge is 2.17. The Labute approximate surface area is 99.9 Å². The molecule has 0 saturated carbocycles. The summed E-state index contributed by atoms with van der Waals surface area (Å²) in [5.74, 6) is -2.12. The monoisotopic (exact) mass is 255 g/mol. The van der Waals surface area contributed by atoms with Crippen LogP contribution >= 0.6 is 11.6 Å². The highest BCUT2D eigenvalue weighted by atomic mass is 35.5. The molecule has 0 aliphatic rings. The first kappa shape index (κ1) is 11.6. The zero-order chi connectivity index (χ0) is 12.7. The molecule has 2 aromatic rings. The minimum absolute atomic E-state index is 0.117. The molecule has 0 fully saturated rings. The molecular formula is C11H7ClFNO3. The lowest BCUT2D eigenvalue weighted by Crippen LogP contribution is -2.18. The lowest BCUT2D eigenvalue weighted by molar-refractivity contribution is 0.0695. The Balaban J connectivity index is 3.07. The second-order valence-electron chi connectivity index (χ2n) is 3.54. The number of aromatic nitrogens is 1. The molecule has 0 spiro atoms. The maximum Gasteiger partial charge on any atom is 0.341 e. The average molecular weight is 256 g/mol. The normalized spacial score (nSPS) is 10.8. The van der Waals surface area contributed by atoms with Gasteiger partial charge in [-0.3, -0.25) is 4.79 Å². The summed E-state index contributed by atoms with van der Waals surface area (Å²) < 4.78 is 14.7. The van der Waals surface area contributed by atoms with Gasteiger partial charge in [0.05, 0.1) is 15.9 Å². The highest BCUT2D eigenvalue weighted by Crippen LogP contribution is 2.23. The zero-order valence-corrected chi connectivity index (χ0v) is 9.45. The summed E-state index contributed by atoms with van der Waals surface area (Å²) in [4.78, 5) is 22.7. The van der Waals surface area contributed by atoms with Crippen molar-refractivity contribution >= 4 is 28.5 Å². The number of aromatic carboxylic acids is 1. The largest absolute Gasteiger partial charge is 0.477 e. The number of nitrogens with zero attached hydrogens (tertiary/aromatic N) is 1. The number of carbonyl (C=O) groups is 1. The van der Waals surface area contributed by atoms with Crippen LogP contribution in [0.3, 0.4) is 0 Å². The fourth-order valence-corrected chi connectivity index (χ4v) is 1.90. The molecule has 1 N–H and O–H groups in total. The van der Waals surface area contributed by atoms with E-state index in [1.54, 1.807) is 7.05 Å². The number of carboxylic acids is 1. The van der Waals surface area contributed by atoms with Gasteiger partial charge in [-0.2, -0.15) is 0 Å². The maximum atomic E-state index is 13.3. The molecule has 0 aliphatic carbocycles. The Morgan fingerprint density at radius 2 is 2.12 bits per heavy atom. The van der Waals surface area contributed by atoms with E-state index >= 15 is 0 Å². The first-order chi connectivity index (χ1) is 7.93. The Kier molecular flexibility index (Phi) is 2.63. The number of rotatable bonds is 1. The van der Waals surface area contributed by atoms with Gasteiger partial charge in [-0.25, -0.2) is 9.18 Å². The van der Waals surface area contributed by atoms with Crippen molar-refractivity contribution < 1.29 is 14.3 Å². The van der Waals surface area contributed by atoms with Crippen LogP contribution in [0.4, 0.5) is 4.39 Å². The van der Waals surface area contributed by atoms with Gasteiger partial charge in [-0.05, 0) is 12.1 Å². The van der Waals surface area contributed by atoms with Crippen molar-refractivity contribution in [2.45, 2.75) is 0 Å².